The van der Waals surface area contributed by atoms with Crippen LogP contribution in [0.3, 0.4) is 0 Å². The molecule has 29 heavy (non-hydrogen) atoms. The fourth-order valence-electron chi connectivity index (χ4n) is 3.78. The molecule has 2 N–H and O–H groups in total. The molecular weight excluding hydrogens is 384 g/mol. The first-order valence-electron chi connectivity index (χ1n) is 10.3. The monoisotopic (exact) mass is 418 g/mol. The summed E-state index contributed by atoms with van der Waals surface area (Å²) in [5, 5.41) is 14.2. The first-order chi connectivity index (χ1) is 13.6. The Morgan fingerprint density at radius 1 is 1.00 bits per heavy atom. The zero-order valence-corrected chi connectivity index (χ0v) is 19.0. The van der Waals surface area contributed by atoms with Crippen LogP contribution in [0.15, 0.2) is 24.3 Å². The van der Waals surface area contributed by atoms with Gasteiger partial charge in [-0.15, -0.1) is 12.4 Å². The van der Waals surface area contributed by atoms with Crippen LogP contribution >= 0.6 is 12.4 Å². The minimum Gasteiger partial charge on any atom is -0.317 e. The third kappa shape index (κ3) is 6.12. The molecule has 0 bridgehead atoms. The van der Waals surface area contributed by atoms with Gasteiger partial charge in [0.25, 0.3) is 0 Å². The van der Waals surface area contributed by atoms with Crippen LogP contribution in [0.2, 0.25) is 0 Å². The van der Waals surface area contributed by atoms with Crippen LogP contribution in [0.4, 0.5) is 0 Å². The number of pyridine rings is 1. The second kappa shape index (κ2) is 11.5. The Bertz CT molecular complexity index is 905. The quantitative estimate of drug-likeness (QED) is 0.469. The minimum atomic E-state index is 0. The Labute approximate surface area is 180 Å². The van der Waals surface area contributed by atoms with Crippen molar-refractivity contribution in [3.05, 3.63) is 35.5 Å². The summed E-state index contributed by atoms with van der Waals surface area (Å²) in [6.45, 7) is 7.41. The molecule has 0 saturated heterocycles. The van der Waals surface area contributed by atoms with Gasteiger partial charge in [-0.3, -0.25) is 4.68 Å². The van der Waals surface area contributed by atoms with Crippen LogP contribution in [-0.2, 0) is 13.5 Å². The summed E-state index contributed by atoms with van der Waals surface area (Å²) in [4.78, 5) is 7.06. The molecule has 1 aromatic carbocycles. The molecule has 7 heteroatoms. The van der Waals surface area contributed by atoms with Crippen LogP contribution in [0.5, 0.6) is 0 Å². The van der Waals surface area contributed by atoms with Gasteiger partial charge in [0.15, 0.2) is 5.65 Å². The highest BCUT2D eigenvalue weighted by Gasteiger charge is 2.14. The van der Waals surface area contributed by atoms with Crippen molar-refractivity contribution >= 4 is 34.3 Å². The predicted octanol–water partition coefficient (Wildman–Crippen LogP) is 2.92. The highest BCUT2D eigenvalue weighted by molar-refractivity contribution is 5.97. The van der Waals surface area contributed by atoms with Gasteiger partial charge in [0.05, 0.1) is 11.2 Å². The fourth-order valence-corrected chi connectivity index (χ4v) is 3.78. The summed E-state index contributed by atoms with van der Waals surface area (Å²) in [7, 11) is 6.22. The number of aryl methyl sites for hydroxylation is 2. The van der Waals surface area contributed by atoms with Crippen molar-refractivity contribution in [2.24, 2.45) is 7.05 Å². The largest absolute Gasteiger partial charge is 0.317 e. The topological polar surface area (TPSA) is 58.0 Å². The highest BCUT2D eigenvalue weighted by atomic mass is 35.5. The van der Waals surface area contributed by atoms with Gasteiger partial charge in [0, 0.05) is 17.8 Å². The molecule has 0 atom stereocenters. The molecule has 0 aliphatic carbocycles. The number of aromatic nitrogens is 3. The molecule has 0 saturated carbocycles. The van der Waals surface area contributed by atoms with Gasteiger partial charge in [-0.25, -0.2) is 4.98 Å². The van der Waals surface area contributed by atoms with Gasteiger partial charge in [-0.2, -0.15) is 5.10 Å². The molecule has 3 rings (SSSR count). The SMILES string of the molecule is Cc1nn(C)c2nc3ccccc3c(CCNCCCNCCCN(C)C)c12.Cl. The lowest BCUT2D eigenvalue weighted by molar-refractivity contribution is 0.394. The second-order valence-electron chi connectivity index (χ2n) is 7.78. The average Bonchev–Trinajstić information content (AvgIpc) is 2.96. The second-order valence-corrected chi connectivity index (χ2v) is 7.78. The van der Waals surface area contributed by atoms with Gasteiger partial charge < -0.3 is 15.5 Å². The summed E-state index contributed by atoms with van der Waals surface area (Å²) in [5.74, 6) is 0. The Kier molecular flexibility index (Phi) is 9.30. The zero-order chi connectivity index (χ0) is 19.9. The maximum atomic E-state index is 4.83. The van der Waals surface area contributed by atoms with E-state index < -0.39 is 0 Å². The van der Waals surface area contributed by atoms with E-state index in [1.54, 1.807) is 0 Å². The lowest BCUT2D eigenvalue weighted by atomic mass is 10.0. The predicted molar refractivity (Wildman–Crippen MR) is 125 cm³/mol. The summed E-state index contributed by atoms with van der Waals surface area (Å²) >= 11 is 0. The Balaban J connectivity index is 0.00000300. The summed E-state index contributed by atoms with van der Waals surface area (Å²) < 4.78 is 1.90. The van der Waals surface area contributed by atoms with Crippen molar-refractivity contribution in [1.82, 2.24) is 30.3 Å². The van der Waals surface area contributed by atoms with Crippen molar-refractivity contribution in [2.45, 2.75) is 26.2 Å². The lowest BCUT2D eigenvalue weighted by Crippen LogP contribution is -2.25. The standard InChI is InChI=1S/C22H34N6.ClH/c1-17-21-19(11-15-24-13-7-12-23-14-8-16-27(2)3)18-9-5-6-10-20(18)25-22(21)28(4)26-17;/h5-6,9-10,23-24H,7-8,11-16H2,1-4H3;1H. The molecule has 160 valence electrons. The molecule has 6 nitrogen and oxygen atoms in total. The third-order valence-electron chi connectivity index (χ3n) is 5.17. The Hall–Kier alpha value is -1.73. The van der Waals surface area contributed by atoms with Gasteiger partial charge in [-0.1, -0.05) is 18.2 Å². The van der Waals surface area contributed by atoms with E-state index in [1.165, 1.54) is 22.8 Å². The molecule has 0 aliphatic heterocycles. The first kappa shape index (κ1) is 23.5. The first-order valence-corrected chi connectivity index (χ1v) is 10.3. The van der Waals surface area contributed by atoms with E-state index in [9.17, 15) is 0 Å². The van der Waals surface area contributed by atoms with Crippen LogP contribution < -0.4 is 10.6 Å². The molecular formula is C22H35ClN6. The number of nitrogens with zero attached hydrogens (tertiary/aromatic N) is 4. The number of halogens is 1. The summed E-state index contributed by atoms with van der Waals surface area (Å²) in [6, 6.07) is 8.43. The maximum absolute atomic E-state index is 4.83. The van der Waals surface area contributed by atoms with Crippen molar-refractivity contribution < 1.29 is 0 Å². The van der Waals surface area contributed by atoms with Gasteiger partial charge >= 0.3 is 0 Å². The van der Waals surface area contributed by atoms with Crippen molar-refractivity contribution in [3.8, 4) is 0 Å². The molecule has 3 aromatic rings. The van der Waals surface area contributed by atoms with Crippen LogP contribution in [-0.4, -0.2) is 66.5 Å². The van der Waals surface area contributed by atoms with Gasteiger partial charge in [0.1, 0.15) is 0 Å². The molecule has 2 aromatic heterocycles. The van der Waals surface area contributed by atoms with E-state index in [2.05, 4.69) is 65.9 Å². The number of hydrogen-bond acceptors (Lipinski definition) is 5. The van der Waals surface area contributed by atoms with E-state index in [0.29, 0.717) is 0 Å². The Morgan fingerprint density at radius 3 is 2.45 bits per heavy atom. The molecule has 0 aliphatic rings. The number of rotatable bonds is 11. The lowest BCUT2D eigenvalue weighted by Gasteiger charge is -2.11. The molecule has 0 radical (unpaired) electrons. The highest BCUT2D eigenvalue weighted by Crippen LogP contribution is 2.28. The normalized spacial score (nSPS) is 11.5. The van der Waals surface area contributed by atoms with Crippen molar-refractivity contribution in [1.29, 1.82) is 0 Å². The van der Waals surface area contributed by atoms with E-state index in [1.807, 2.05) is 11.7 Å². The van der Waals surface area contributed by atoms with Crippen molar-refractivity contribution in [3.63, 3.8) is 0 Å². The van der Waals surface area contributed by atoms with E-state index in [0.717, 1.165) is 62.4 Å². The number of benzene rings is 1. The van der Waals surface area contributed by atoms with E-state index in [4.69, 9.17) is 4.98 Å². The van der Waals surface area contributed by atoms with E-state index in [-0.39, 0.29) is 12.4 Å². The van der Waals surface area contributed by atoms with Crippen LogP contribution in [0.1, 0.15) is 24.1 Å². The summed E-state index contributed by atoms with van der Waals surface area (Å²) in [5.41, 5.74) is 4.45. The molecule has 2 heterocycles. The maximum Gasteiger partial charge on any atom is 0.158 e. The molecule has 0 spiro atoms. The van der Waals surface area contributed by atoms with Gasteiger partial charge in [0.2, 0.25) is 0 Å². The van der Waals surface area contributed by atoms with Crippen LogP contribution in [0.25, 0.3) is 21.9 Å². The number of para-hydroxylation sites is 1. The summed E-state index contributed by atoms with van der Waals surface area (Å²) in [6.07, 6.45) is 3.35. The zero-order valence-electron chi connectivity index (χ0n) is 18.2. The number of hydrogen-bond donors (Lipinski definition) is 2. The fraction of sp³-hybridized carbons (Fsp3) is 0.545. The number of fused-ring (bicyclic) bond motifs is 2. The number of nitrogens with one attached hydrogen (secondary N) is 2. The minimum absolute atomic E-state index is 0. The van der Waals surface area contributed by atoms with Crippen LogP contribution in [0, 0.1) is 6.92 Å². The van der Waals surface area contributed by atoms with Gasteiger partial charge in [-0.05, 0) is 84.6 Å². The average molecular weight is 419 g/mol. The molecule has 0 fully saturated rings. The smallest absolute Gasteiger partial charge is 0.158 e. The van der Waals surface area contributed by atoms with E-state index >= 15 is 0 Å². The Morgan fingerprint density at radius 2 is 1.69 bits per heavy atom. The van der Waals surface area contributed by atoms with Crippen molar-refractivity contribution in [2.75, 3.05) is 46.8 Å². The third-order valence-corrected chi connectivity index (χ3v) is 5.17. The molecule has 0 unspecified atom stereocenters. The molecule has 0 amide bonds.